The van der Waals surface area contributed by atoms with Gasteiger partial charge in [-0.25, -0.2) is 8.78 Å². The highest BCUT2D eigenvalue weighted by atomic mass is 19.1. The molecule has 0 fully saturated rings. The molecule has 0 heterocycles. The van der Waals surface area contributed by atoms with Gasteiger partial charge in [-0.3, -0.25) is 4.79 Å². The maximum absolute atomic E-state index is 13.7. The van der Waals surface area contributed by atoms with E-state index in [0.717, 1.165) is 11.6 Å². The Hall–Kier alpha value is -2.63. The summed E-state index contributed by atoms with van der Waals surface area (Å²) in [5.41, 5.74) is 1.13. The van der Waals surface area contributed by atoms with E-state index in [9.17, 15) is 13.6 Å². The van der Waals surface area contributed by atoms with Crippen LogP contribution in [0.1, 0.15) is 17.5 Å². The molecule has 0 aromatic heterocycles. The van der Waals surface area contributed by atoms with Crippen molar-refractivity contribution in [3.8, 4) is 11.5 Å². The summed E-state index contributed by atoms with van der Waals surface area (Å²) in [5.74, 6) is -0.0751. The minimum absolute atomic E-state index is 0.0835. The number of carbonyl (C=O) groups excluding carboxylic acids is 1. The lowest BCUT2D eigenvalue weighted by atomic mass is 10.1. The van der Waals surface area contributed by atoms with Crippen LogP contribution in [0.2, 0.25) is 0 Å². The monoisotopic (exact) mass is 349 g/mol. The number of ether oxygens (including phenoxy) is 2. The van der Waals surface area contributed by atoms with E-state index in [4.69, 9.17) is 9.47 Å². The second kappa shape index (κ2) is 8.46. The van der Waals surface area contributed by atoms with Gasteiger partial charge in [0.25, 0.3) is 0 Å². The molecule has 0 atom stereocenters. The van der Waals surface area contributed by atoms with Crippen LogP contribution in [-0.2, 0) is 17.8 Å². The van der Waals surface area contributed by atoms with Gasteiger partial charge in [-0.2, -0.15) is 0 Å². The maximum Gasteiger partial charge on any atom is 0.222 e. The largest absolute Gasteiger partial charge is 0.497 e. The SMILES string of the molecule is COc1ccc(OC)c(CCC(=O)N(C)Cc2ccc(F)cc2F)c1. The summed E-state index contributed by atoms with van der Waals surface area (Å²) in [6.45, 7) is 0.0835. The van der Waals surface area contributed by atoms with Gasteiger partial charge in [0.1, 0.15) is 23.1 Å². The number of halogens is 2. The Kier molecular flexibility index (Phi) is 6.33. The molecule has 25 heavy (non-hydrogen) atoms. The van der Waals surface area contributed by atoms with Gasteiger partial charge in [-0.05, 0) is 36.2 Å². The Balaban J connectivity index is 1.99. The number of hydrogen-bond donors (Lipinski definition) is 0. The van der Waals surface area contributed by atoms with E-state index in [2.05, 4.69) is 0 Å². The molecule has 0 radical (unpaired) electrons. The molecule has 0 bridgehead atoms. The Bertz CT molecular complexity index is 749. The van der Waals surface area contributed by atoms with Crippen molar-refractivity contribution < 1.29 is 23.0 Å². The molecule has 2 aromatic rings. The van der Waals surface area contributed by atoms with E-state index in [1.165, 1.54) is 17.0 Å². The molecule has 0 aliphatic rings. The summed E-state index contributed by atoms with van der Waals surface area (Å²) < 4.78 is 37.1. The smallest absolute Gasteiger partial charge is 0.222 e. The van der Waals surface area contributed by atoms with Gasteiger partial charge in [-0.15, -0.1) is 0 Å². The lowest BCUT2D eigenvalue weighted by Crippen LogP contribution is -2.26. The molecular formula is C19H21F2NO3. The van der Waals surface area contributed by atoms with Gasteiger partial charge in [0.05, 0.1) is 14.2 Å². The Labute approximate surface area is 146 Å². The second-order valence-corrected chi connectivity index (χ2v) is 5.66. The van der Waals surface area contributed by atoms with E-state index in [-0.39, 0.29) is 24.4 Å². The first-order valence-electron chi connectivity index (χ1n) is 7.83. The molecule has 0 saturated carbocycles. The summed E-state index contributed by atoms with van der Waals surface area (Å²) in [4.78, 5) is 13.7. The highest BCUT2D eigenvalue weighted by Gasteiger charge is 2.14. The summed E-state index contributed by atoms with van der Waals surface area (Å²) in [6, 6.07) is 8.74. The molecule has 2 aromatic carbocycles. The molecular weight excluding hydrogens is 328 g/mol. The van der Waals surface area contributed by atoms with Crippen LogP contribution >= 0.6 is 0 Å². The zero-order valence-electron chi connectivity index (χ0n) is 14.5. The lowest BCUT2D eigenvalue weighted by molar-refractivity contribution is -0.130. The molecule has 1 amide bonds. The minimum Gasteiger partial charge on any atom is -0.497 e. The van der Waals surface area contributed by atoms with Crippen LogP contribution in [0, 0.1) is 11.6 Å². The molecule has 0 unspecified atom stereocenters. The van der Waals surface area contributed by atoms with Crippen LogP contribution in [0.15, 0.2) is 36.4 Å². The van der Waals surface area contributed by atoms with E-state index in [1.54, 1.807) is 33.4 Å². The molecule has 0 N–H and O–H groups in total. The predicted octanol–water partition coefficient (Wildman–Crippen LogP) is 3.57. The Morgan fingerprint density at radius 1 is 1.04 bits per heavy atom. The third kappa shape index (κ3) is 4.92. The fraction of sp³-hybridized carbons (Fsp3) is 0.316. The van der Waals surface area contributed by atoms with Crippen LogP contribution in [0.4, 0.5) is 8.78 Å². The Morgan fingerprint density at radius 3 is 2.44 bits per heavy atom. The third-order valence-electron chi connectivity index (χ3n) is 3.94. The van der Waals surface area contributed by atoms with Crippen molar-refractivity contribution in [2.45, 2.75) is 19.4 Å². The number of rotatable bonds is 7. The quantitative estimate of drug-likeness (QED) is 0.767. The Morgan fingerprint density at radius 2 is 1.80 bits per heavy atom. The first kappa shape index (κ1) is 18.7. The van der Waals surface area contributed by atoms with Gasteiger partial charge in [0, 0.05) is 31.6 Å². The first-order valence-corrected chi connectivity index (χ1v) is 7.83. The average molecular weight is 349 g/mol. The standard InChI is InChI=1S/C19H21F2NO3/c1-22(12-14-4-6-15(20)11-17(14)21)19(23)9-5-13-10-16(24-2)7-8-18(13)25-3/h4,6-8,10-11H,5,9,12H2,1-3H3. The van der Waals surface area contributed by atoms with Crippen molar-refractivity contribution in [3.63, 3.8) is 0 Å². The number of aryl methyl sites for hydroxylation is 1. The van der Waals surface area contributed by atoms with E-state index >= 15 is 0 Å². The van der Waals surface area contributed by atoms with E-state index < -0.39 is 11.6 Å². The van der Waals surface area contributed by atoms with Crippen molar-refractivity contribution in [2.75, 3.05) is 21.3 Å². The van der Waals surface area contributed by atoms with Crippen molar-refractivity contribution in [3.05, 3.63) is 59.2 Å². The van der Waals surface area contributed by atoms with Crippen LogP contribution in [0.25, 0.3) is 0 Å². The van der Waals surface area contributed by atoms with Crippen LogP contribution in [-0.4, -0.2) is 32.1 Å². The van der Waals surface area contributed by atoms with Gasteiger partial charge in [0.2, 0.25) is 5.91 Å². The molecule has 0 spiro atoms. The van der Waals surface area contributed by atoms with Crippen molar-refractivity contribution in [2.24, 2.45) is 0 Å². The molecule has 0 saturated heterocycles. The second-order valence-electron chi connectivity index (χ2n) is 5.66. The number of nitrogens with zero attached hydrogens (tertiary/aromatic N) is 1. The third-order valence-corrected chi connectivity index (χ3v) is 3.94. The van der Waals surface area contributed by atoms with E-state index in [1.807, 2.05) is 6.07 Å². The van der Waals surface area contributed by atoms with Crippen molar-refractivity contribution in [1.29, 1.82) is 0 Å². The molecule has 134 valence electrons. The van der Waals surface area contributed by atoms with Gasteiger partial charge >= 0.3 is 0 Å². The molecule has 0 aliphatic heterocycles. The fourth-order valence-corrected chi connectivity index (χ4v) is 2.50. The number of amides is 1. The summed E-state index contributed by atoms with van der Waals surface area (Å²) in [6.07, 6.45) is 0.707. The zero-order valence-corrected chi connectivity index (χ0v) is 14.5. The first-order chi connectivity index (χ1) is 11.9. The van der Waals surface area contributed by atoms with Gasteiger partial charge in [-0.1, -0.05) is 6.07 Å². The fourth-order valence-electron chi connectivity index (χ4n) is 2.50. The highest BCUT2D eigenvalue weighted by Crippen LogP contribution is 2.25. The number of benzene rings is 2. The summed E-state index contributed by atoms with van der Waals surface area (Å²) in [5, 5.41) is 0. The summed E-state index contributed by atoms with van der Waals surface area (Å²) in [7, 11) is 4.73. The van der Waals surface area contributed by atoms with Crippen LogP contribution in [0.3, 0.4) is 0 Å². The highest BCUT2D eigenvalue weighted by molar-refractivity contribution is 5.76. The zero-order chi connectivity index (χ0) is 18.4. The maximum atomic E-state index is 13.7. The lowest BCUT2D eigenvalue weighted by Gasteiger charge is -2.18. The minimum atomic E-state index is -0.658. The topological polar surface area (TPSA) is 38.8 Å². The van der Waals surface area contributed by atoms with Crippen molar-refractivity contribution >= 4 is 5.91 Å². The molecule has 6 heteroatoms. The number of methoxy groups -OCH3 is 2. The molecule has 0 aliphatic carbocycles. The van der Waals surface area contributed by atoms with Crippen LogP contribution < -0.4 is 9.47 Å². The van der Waals surface area contributed by atoms with Crippen molar-refractivity contribution in [1.82, 2.24) is 4.90 Å². The average Bonchev–Trinajstić information content (AvgIpc) is 2.61. The summed E-state index contributed by atoms with van der Waals surface area (Å²) >= 11 is 0. The predicted molar refractivity (Wildman–Crippen MR) is 90.7 cm³/mol. The normalized spacial score (nSPS) is 10.4. The number of hydrogen-bond acceptors (Lipinski definition) is 3. The number of carbonyl (C=O) groups is 1. The van der Waals surface area contributed by atoms with E-state index in [0.29, 0.717) is 17.9 Å². The van der Waals surface area contributed by atoms with Gasteiger partial charge < -0.3 is 14.4 Å². The molecule has 4 nitrogen and oxygen atoms in total. The van der Waals surface area contributed by atoms with Gasteiger partial charge in [0.15, 0.2) is 0 Å². The van der Waals surface area contributed by atoms with Crippen LogP contribution in [0.5, 0.6) is 11.5 Å². The molecule has 2 rings (SSSR count).